The number of aromatic nitrogens is 5. The van der Waals surface area contributed by atoms with Crippen LogP contribution >= 0.6 is 11.6 Å². The summed E-state index contributed by atoms with van der Waals surface area (Å²) in [6.07, 6.45) is 0. The van der Waals surface area contributed by atoms with Gasteiger partial charge in [-0.05, 0) is 5.21 Å². The topological polar surface area (TPSA) is 101 Å². The van der Waals surface area contributed by atoms with Gasteiger partial charge in [0.1, 0.15) is 5.52 Å². The molecule has 2 aliphatic heterocycles. The summed E-state index contributed by atoms with van der Waals surface area (Å²) in [6.45, 7) is 6.24. The summed E-state index contributed by atoms with van der Waals surface area (Å²) in [4.78, 5) is 13.8. The second-order valence-corrected chi connectivity index (χ2v) is 6.38. The molecule has 2 aromatic heterocycles. The van der Waals surface area contributed by atoms with Crippen LogP contribution < -0.4 is 15.1 Å². The summed E-state index contributed by atoms with van der Waals surface area (Å²) >= 11 is 5.81. The van der Waals surface area contributed by atoms with E-state index in [0.29, 0.717) is 61.7 Å². The Balaban J connectivity index is 1.80. The molecule has 2 fully saturated rings. The van der Waals surface area contributed by atoms with Crippen molar-refractivity contribution in [1.29, 1.82) is 0 Å². The number of nitrogens with zero attached hydrogens (tertiary/aromatic N) is 7. The van der Waals surface area contributed by atoms with Crippen LogP contribution in [0.5, 0.6) is 0 Å². The Morgan fingerprint density at radius 1 is 0.885 bits per heavy atom. The van der Waals surface area contributed by atoms with E-state index >= 15 is 0 Å². The molecule has 0 saturated carbocycles. The van der Waals surface area contributed by atoms with Crippen LogP contribution in [0.4, 0.5) is 17.6 Å². The van der Waals surface area contributed by atoms with Crippen molar-refractivity contribution in [3.63, 3.8) is 0 Å². The Kier molecular flexibility index (Phi) is 5.42. The van der Waals surface area contributed by atoms with Crippen LogP contribution in [0.1, 0.15) is 0 Å². The first kappa shape index (κ1) is 17.4. The first-order valence-corrected chi connectivity index (χ1v) is 9.26. The van der Waals surface area contributed by atoms with Crippen molar-refractivity contribution in [1.82, 2.24) is 25.4 Å². The molecule has 11 heteroatoms. The highest BCUT2D eigenvalue weighted by Gasteiger charge is 2.23. The highest BCUT2D eigenvalue weighted by molar-refractivity contribution is 6.18. The molecule has 0 radical (unpaired) electrons. The molecular weight excluding hydrogens is 360 g/mol. The van der Waals surface area contributed by atoms with Gasteiger partial charge in [0.25, 0.3) is 0 Å². The molecule has 26 heavy (non-hydrogen) atoms. The molecule has 2 aromatic rings. The maximum atomic E-state index is 5.81. The van der Waals surface area contributed by atoms with Gasteiger partial charge in [0.2, 0.25) is 5.95 Å². The van der Waals surface area contributed by atoms with Crippen LogP contribution in [0.25, 0.3) is 11.0 Å². The molecule has 10 nitrogen and oxygen atoms in total. The fourth-order valence-corrected chi connectivity index (χ4v) is 3.13. The maximum Gasteiger partial charge on any atom is 0.228 e. The van der Waals surface area contributed by atoms with E-state index in [1.165, 1.54) is 0 Å². The zero-order valence-corrected chi connectivity index (χ0v) is 15.2. The second-order valence-electron chi connectivity index (χ2n) is 6.00. The SMILES string of the molecule is ClCCNc1nnnc2c(N3CCOCC3)nc(N3CCOCC3)nc12. The maximum absolute atomic E-state index is 5.81. The third-order valence-electron chi connectivity index (χ3n) is 4.36. The molecule has 4 heterocycles. The minimum atomic E-state index is 0.462. The lowest BCUT2D eigenvalue weighted by atomic mass is 10.3. The number of ether oxygens (including phenoxy) is 2. The van der Waals surface area contributed by atoms with Crippen LogP contribution in [0, 0.1) is 0 Å². The summed E-state index contributed by atoms with van der Waals surface area (Å²) in [5.41, 5.74) is 1.29. The molecule has 2 aliphatic rings. The number of halogens is 1. The number of rotatable bonds is 5. The molecule has 0 unspecified atom stereocenters. The molecule has 0 atom stereocenters. The first-order valence-electron chi connectivity index (χ1n) is 8.73. The van der Waals surface area contributed by atoms with Crippen molar-refractivity contribution in [2.75, 3.05) is 80.1 Å². The van der Waals surface area contributed by atoms with Crippen LogP contribution in [0.3, 0.4) is 0 Å². The van der Waals surface area contributed by atoms with E-state index in [9.17, 15) is 0 Å². The number of hydrogen-bond acceptors (Lipinski definition) is 10. The van der Waals surface area contributed by atoms with Gasteiger partial charge in [0, 0.05) is 38.6 Å². The molecular formula is C15H21ClN8O2. The van der Waals surface area contributed by atoms with Gasteiger partial charge in [0.15, 0.2) is 17.2 Å². The number of alkyl halides is 1. The average molecular weight is 381 g/mol. The van der Waals surface area contributed by atoms with Gasteiger partial charge in [-0.3, -0.25) is 0 Å². The predicted molar refractivity (Wildman–Crippen MR) is 98.2 cm³/mol. The molecule has 1 N–H and O–H groups in total. The van der Waals surface area contributed by atoms with E-state index in [0.717, 1.165) is 32.0 Å². The van der Waals surface area contributed by atoms with Crippen LogP contribution in [0.2, 0.25) is 0 Å². The molecule has 0 aromatic carbocycles. The summed E-state index contributed by atoms with van der Waals surface area (Å²) in [7, 11) is 0. The predicted octanol–water partition coefficient (Wildman–Crippen LogP) is 0.139. The molecule has 4 rings (SSSR count). The first-order chi connectivity index (χ1) is 12.9. The van der Waals surface area contributed by atoms with Gasteiger partial charge < -0.3 is 24.6 Å². The highest BCUT2D eigenvalue weighted by Crippen LogP contribution is 2.28. The average Bonchev–Trinajstić information content (AvgIpc) is 2.72. The second kappa shape index (κ2) is 8.11. The van der Waals surface area contributed by atoms with Crippen molar-refractivity contribution in [3.05, 3.63) is 0 Å². The summed E-state index contributed by atoms with van der Waals surface area (Å²) in [5.74, 6) is 2.46. The lowest BCUT2D eigenvalue weighted by Crippen LogP contribution is -2.39. The van der Waals surface area contributed by atoms with Crippen LogP contribution in [0.15, 0.2) is 0 Å². The smallest absolute Gasteiger partial charge is 0.228 e. The van der Waals surface area contributed by atoms with Gasteiger partial charge in [-0.1, -0.05) is 0 Å². The molecule has 140 valence electrons. The summed E-state index contributed by atoms with van der Waals surface area (Å²) in [5, 5.41) is 15.4. The van der Waals surface area contributed by atoms with Gasteiger partial charge >= 0.3 is 0 Å². The zero-order valence-electron chi connectivity index (χ0n) is 14.4. The Bertz CT molecular complexity index is 752. The van der Waals surface area contributed by atoms with E-state index in [2.05, 4.69) is 30.5 Å². The number of nitrogens with one attached hydrogen (secondary N) is 1. The highest BCUT2D eigenvalue weighted by atomic mass is 35.5. The Hall–Kier alpha value is -2.04. The normalized spacial score (nSPS) is 18.3. The van der Waals surface area contributed by atoms with Crippen molar-refractivity contribution in [2.24, 2.45) is 0 Å². The lowest BCUT2D eigenvalue weighted by Gasteiger charge is -2.31. The number of fused-ring (bicyclic) bond motifs is 1. The number of hydrogen-bond donors (Lipinski definition) is 1. The molecule has 0 amide bonds. The van der Waals surface area contributed by atoms with E-state index in [1.807, 2.05) is 0 Å². The molecule has 0 spiro atoms. The lowest BCUT2D eigenvalue weighted by molar-refractivity contribution is 0.121. The Morgan fingerprint density at radius 3 is 2.27 bits per heavy atom. The molecule has 0 aliphatic carbocycles. The fourth-order valence-electron chi connectivity index (χ4n) is 3.03. The van der Waals surface area contributed by atoms with Crippen molar-refractivity contribution in [3.8, 4) is 0 Å². The molecule has 0 bridgehead atoms. The minimum absolute atomic E-state index is 0.462. The number of anilines is 3. The van der Waals surface area contributed by atoms with E-state index < -0.39 is 0 Å². The minimum Gasteiger partial charge on any atom is -0.378 e. The van der Waals surface area contributed by atoms with E-state index in [4.69, 9.17) is 31.0 Å². The van der Waals surface area contributed by atoms with Crippen molar-refractivity contribution in [2.45, 2.75) is 0 Å². The summed E-state index contributed by atoms with van der Waals surface area (Å²) in [6, 6.07) is 0. The van der Waals surface area contributed by atoms with Gasteiger partial charge in [0.05, 0.1) is 26.4 Å². The van der Waals surface area contributed by atoms with Crippen molar-refractivity contribution >= 4 is 40.2 Å². The third-order valence-corrected chi connectivity index (χ3v) is 4.55. The van der Waals surface area contributed by atoms with Crippen LogP contribution in [-0.4, -0.2) is 90.4 Å². The summed E-state index contributed by atoms with van der Waals surface area (Å²) < 4.78 is 10.9. The van der Waals surface area contributed by atoms with Crippen LogP contribution in [-0.2, 0) is 9.47 Å². The number of morpholine rings is 2. The van der Waals surface area contributed by atoms with Gasteiger partial charge in [-0.25, -0.2) is 4.98 Å². The molecule has 2 saturated heterocycles. The van der Waals surface area contributed by atoms with Gasteiger partial charge in [-0.2, -0.15) is 4.98 Å². The largest absolute Gasteiger partial charge is 0.378 e. The fraction of sp³-hybridized carbons (Fsp3) is 0.667. The zero-order chi connectivity index (χ0) is 17.8. The monoisotopic (exact) mass is 380 g/mol. The standard InChI is InChI=1S/C15H21ClN8O2/c16-1-2-17-13-11-12(20-22-21-13)14(23-3-7-25-8-4-23)19-15(18-11)24-5-9-26-10-6-24/h1-10H2,(H,17,20,21). The van der Waals surface area contributed by atoms with Gasteiger partial charge in [-0.15, -0.1) is 21.8 Å². The van der Waals surface area contributed by atoms with E-state index in [-0.39, 0.29) is 0 Å². The van der Waals surface area contributed by atoms with Crippen molar-refractivity contribution < 1.29 is 9.47 Å². The third kappa shape index (κ3) is 3.57. The van der Waals surface area contributed by atoms with E-state index in [1.54, 1.807) is 0 Å². The Labute approximate surface area is 155 Å². The Morgan fingerprint density at radius 2 is 1.58 bits per heavy atom. The quantitative estimate of drug-likeness (QED) is 0.720.